The van der Waals surface area contributed by atoms with E-state index in [4.69, 9.17) is 4.74 Å². The van der Waals surface area contributed by atoms with E-state index in [1.165, 1.54) is 0 Å². The SMILES string of the molecule is COc1ccc(CC(=O)c2cc(C)cc(C)c2)cc1. The standard InChI is InChI=1S/C17H18O2/c1-12-8-13(2)10-15(9-12)17(18)11-14-4-6-16(19-3)7-5-14/h4-10H,11H2,1-3H3. The molecule has 0 unspecified atom stereocenters. The van der Waals surface area contributed by atoms with Gasteiger partial charge in [-0.2, -0.15) is 0 Å². The average molecular weight is 254 g/mol. The molecule has 0 aromatic heterocycles. The summed E-state index contributed by atoms with van der Waals surface area (Å²) in [6.07, 6.45) is 0.423. The highest BCUT2D eigenvalue weighted by Gasteiger charge is 2.08. The van der Waals surface area contributed by atoms with Crippen molar-refractivity contribution < 1.29 is 9.53 Å². The first-order chi connectivity index (χ1) is 9.08. The lowest BCUT2D eigenvalue weighted by atomic mass is 9.99. The van der Waals surface area contributed by atoms with Gasteiger partial charge in [-0.05, 0) is 43.7 Å². The molecule has 0 radical (unpaired) electrons. The summed E-state index contributed by atoms with van der Waals surface area (Å²) >= 11 is 0. The molecule has 0 aliphatic heterocycles. The molecule has 2 aromatic carbocycles. The third-order valence-electron chi connectivity index (χ3n) is 3.07. The molecule has 0 saturated carbocycles. The van der Waals surface area contributed by atoms with E-state index in [1.54, 1.807) is 7.11 Å². The van der Waals surface area contributed by atoms with Gasteiger partial charge in [0.25, 0.3) is 0 Å². The fourth-order valence-corrected chi connectivity index (χ4v) is 2.17. The minimum atomic E-state index is 0.150. The number of ether oxygens (including phenoxy) is 1. The van der Waals surface area contributed by atoms with Gasteiger partial charge in [-0.3, -0.25) is 4.79 Å². The number of hydrogen-bond acceptors (Lipinski definition) is 2. The van der Waals surface area contributed by atoms with Gasteiger partial charge in [0.1, 0.15) is 5.75 Å². The number of aryl methyl sites for hydroxylation is 2. The molecule has 0 amide bonds. The highest BCUT2D eigenvalue weighted by atomic mass is 16.5. The van der Waals surface area contributed by atoms with Gasteiger partial charge in [0.15, 0.2) is 5.78 Å². The van der Waals surface area contributed by atoms with Gasteiger partial charge < -0.3 is 4.74 Å². The van der Waals surface area contributed by atoms with Gasteiger partial charge in [-0.25, -0.2) is 0 Å². The van der Waals surface area contributed by atoms with Crippen molar-refractivity contribution in [2.75, 3.05) is 7.11 Å². The van der Waals surface area contributed by atoms with E-state index >= 15 is 0 Å². The molecule has 0 saturated heterocycles. The Morgan fingerprint density at radius 1 is 1.00 bits per heavy atom. The largest absolute Gasteiger partial charge is 0.497 e. The van der Waals surface area contributed by atoms with E-state index in [1.807, 2.05) is 50.2 Å². The zero-order valence-electron chi connectivity index (χ0n) is 11.6. The Kier molecular flexibility index (Phi) is 4.00. The zero-order valence-corrected chi connectivity index (χ0v) is 11.6. The molecular formula is C17H18O2. The van der Waals surface area contributed by atoms with Crippen molar-refractivity contribution in [2.45, 2.75) is 20.3 Å². The van der Waals surface area contributed by atoms with Gasteiger partial charge >= 0.3 is 0 Å². The molecule has 2 aromatic rings. The van der Waals surface area contributed by atoms with E-state index in [-0.39, 0.29) is 5.78 Å². The molecule has 0 fully saturated rings. The molecule has 98 valence electrons. The zero-order chi connectivity index (χ0) is 13.8. The fraction of sp³-hybridized carbons (Fsp3) is 0.235. The summed E-state index contributed by atoms with van der Waals surface area (Å²) in [4.78, 5) is 12.2. The Bertz CT molecular complexity index is 562. The Balaban J connectivity index is 2.15. The van der Waals surface area contributed by atoms with Crippen molar-refractivity contribution in [1.29, 1.82) is 0 Å². The van der Waals surface area contributed by atoms with Crippen LogP contribution in [0.15, 0.2) is 42.5 Å². The van der Waals surface area contributed by atoms with Crippen molar-refractivity contribution in [3.05, 3.63) is 64.7 Å². The highest BCUT2D eigenvalue weighted by Crippen LogP contribution is 2.15. The van der Waals surface area contributed by atoms with E-state index in [0.717, 1.165) is 28.0 Å². The summed E-state index contributed by atoms with van der Waals surface area (Å²) < 4.78 is 5.11. The maximum absolute atomic E-state index is 12.2. The van der Waals surface area contributed by atoms with Crippen LogP contribution in [0.4, 0.5) is 0 Å². The van der Waals surface area contributed by atoms with Crippen LogP contribution in [-0.4, -0.2) is 12.9 Å². The number of ketones is 1. The Morgan fingerprint density at radius 3 is 2.11 bits per heavy atom. The maximum Gasteiger partial charge on any atom is 0.167 e. The van der Waals surface area contributed by atoms with Crippen LogP contribution >= 0.6 is 0 Å². The predicted molar refractivity (Wildman–Crippen MR) is 76.9 cm³/mol. The van der Waals surface area contributed by atoms with Crippen LogP contribution in [0.3, 0.4) is 0 Å². The third kappa shape index (κ3) is 3.44. The molecule has 0 N–H and O–H groups in total. The summed E-state index contributed by atoms with van der Waals surface area (Å²) in [6, 6.07) is 13.6. The van der Waals surface area contributed by atoms with Crippen LogP contribution in [-0.2, 0) is 6.42 Å². The first-order valence-electron chi connectivity index (χ1n) is 6.33. The number of carbonyl (C=O) groups excluding carboxylic acids is 1. The minimum Gasteiger partial charge on any atom is -0.497 e. The molecule has 2 nitrogen and oxygen atoms in total. The maximum atomic E-state index is 12.2. The lowest BCUT2D eigenvalue weighted by Gasteiger charge is -2.05. The number of methoxy groups -OCH3 is 1. The first kappa shape index (κ1) is 13.3. The van der Waals surface area contributed by atoms with Crippen molar-refractivity contribution >= 4 is 5.78 Å². The normalized spacial score (nSPS) is 10.3. The molecule has 0 bridgehead atoms. The van der Waals surface area contributed by atoms with Crippen molar-refractivity contribution in [3.63, 3.8) is 0 Å². The smallest absolute Gasteiger partial charge is 0.167 e. The molecule has 2 heteroatoms. The third-order valence-corrected chi connectivity index (χ3v) is 3.07. The Hall–Kier alpha value is -2.09. The van der Waals surface area contributed by atoms with Crippen molar-refractivity contribution in [2.24, 2.45) is 0 Å². The minimum absolute atomic E-state index is 0.150. The summed E-state index contributed by atoms with van der Waals surface area (Å²) in [5.74, 6) is 0.958. The summed E-state index contributed by atoms with van der Waals surface area (Å²) in [5.41, 5.74) is 4.04. The second-order valence-electron chi connectivity index (χ2n) is 4.82. The van der Waals surface area contributed by atoms with E-state index in [0.29, 0.717) is 6.42 Å². The van der Waals surface area contributed by atoms with Gasteiger partial charge in [-0.15, -0.1) is 0 Å². The van der Waals surface area contributed by atoms with Gasteiger partial charge in [0.05, 0.1) is 7.11 Å². The monoisotopic (exact) mass is 254 g/mol. The Morgan fingerprint density at radius 2 is 1.58 bits per heavy atom. The molecule has 0 aliphatic carbocycles. The number of benzene rings is 2. The van der Waals surface area contributed by atoms with Crippen LogP contribution in [0.1, 0.15) is 27.0 Å². The van der Waals surface area contributed by atoms with E-state index in [2.05, 4.69) is 6.07 Å². The molecular weight excluding hydrogens is 236 g/mol. The molecule has 0 aliphatic rings. The lowest BCUT2D eigenvalue weighted by Crippen LogP contribution is -2.04. The molecule has 19 heavy (non-hydrogen) atoms. The predicted octanol–water partition coefficient (Wildman–Crippen LogP) is 3.74. The quantitative estimate of drug-likeness (QED) is 0.777. The topological polar surface area (TPSA) is 26.3 Å². The van der Waals surface area contributed by atoms with Gasteiger partial charge in [0, 0.05) is 12.0 Å². The molecule has 2 rings (SSSR count). The average Bonchev–Trinajstić information content (AvgIpc) is 2.38. The van der Waals surface area contributed by atoms with E-state index < -0.39 is 0 Å². The number of Topliss-reactive ketones (excluding diaryl/α,β-unsaturated/α-hetero) is 1. The number of carbonyl (C=O) groups is 1. The Labute approximate surface area is 114 Å². The van der Waals surface area contributed by atoms with Crippen LogP contribution < -0.4 is 4.74 Å². The number of rotatable bonds is 4. The lowest BCUT2D eigenvalue weighted by molar-refractivity contribution is 0.0993. The molecule has 0 heterocycles. The highest BCUT2D eigenvalue weighted by molar-refractivity contribution is 5.97. The van der Waals surface area contributed by atoms with Crippen LogP contribution in [0.25, 0.3) is 0 Å². The fourth-order valence-electron chi connectivity index (χ4n) is 2.17. The van der Waals surface area contributed by atoms with E-state index in [9.17, 15) is 4.79 Å². The van der Waals surface area contributed by atoms with Crippen molar-refractivity contribution in [1.82, 2.24) is 0 Å². The summed E-state index contributed by atoms with van der Waals surface area (Å²) in [7, 11) is 1.63. The summed E-state index contributed by atoms with van der Waals surface area (Å²) in [6.45, 7) is 4.02. The van der Waals surface area contributed by atoms with Crippen molar-refractivity contribution in [3.8, 4) is 5.75 Å². The second kappa shape index (κ2) is 5.70. The van der Waals surface area contributed by atoms with Crippen LogP contribution in [0.2, 0.25) is 0 Å². The van der Waals surface area contributed by atoms with Crippen LogP contribution in [0, 0.1) is 13.8 Å². The second-order valence-corrected chi connectivity index (χ2v) is 4.82. The van der Waals surface area contributed by atoms with Gasteiger partial charge in [-0.1, -0.05) is 29.3 Å². The summed E-state index contributed by atoms with van der Waals surface area (Å²) in [5, 5.41) is 0. The van der Waals surface area contributed by atoms with Gasteiger partial charge in [0.2, 0.25) is 0 Å². The first-order valence-corrected chi connectivity index (χ1v) is 6.33. The molecule has 0 atom stereocenters. The van der Waals surface area contributed by atoms with Crippen LogP contribution in [0.5, 0.6) is 5.75 Å². The number of hydrogen-bond donors (Lipinski definition) is 0. The molecule has 0 spiro atoms.